The van der Waals surface area contributed by atoms with Crippen LogP contribution in [0.25, 0.3) is 0 Å². The molecule has 1 atom stereocenters. The smallest absolute Gasteiger partial charge is 0.240 e. The van der Waals surface area contributed by atoms with Gasteiger partial charge in [0.2, 0.25) is 5.91 Å². The van der Waals surface area contributed by atoms with E-state index in [1.54, 1.807) is 0 Å². The van der Waals surface area contributed by atoms with Gasteiger partial charge in [0.15, 0.2) is 0 Å². The van der Waals surface area contributed by atoms with Gasteiger partial charge in [0.25, 0.3) is 0 Å². The minimum Gasteiger partial charge on any atom is -0.341 e. The van der Waals surface area contributed by atoms with Gasteiger partial charge in [0, 0.05) is 18.8 Å². The Hall–Kier alpha value is -0.220. The van der Waals surface area contributed by atoms with Crippen LogP contribution in [-0.4, -0.2) is 35.7 Å². The van der Waals surface area contributed by atoms with Crippen LogP contribution in [0.3, 0.4) is 0 Å². The minimum atomic E-state index is -0.420. The van der Waals surface area contributed by atoms with E-state index in [-0.39, 0.29) is 5.91 Å². The standard InChI is InChI=1S/C9H18N2OS/c1-7-2-4-11(5-3-7)9(12)8(10)6-13/h7-8,13H,2-6,10H2,1H3. The van der Waals surface area contributed by atoms with E-state index in [0.29, 0.717) is 5.75 Å². The largest absolute Gasteiger partial charge is 0.341 e. The molecule has 0 aromatic heterocycles. The summed E-state index contributed by atoms with van der Waals surface area (Å²) in [6, 6.07) is -0.420. The van der Waals surface area contributed by atoms with Gasteiger partial charge in [-0.1, -0.05) is 6.92 Å². The van der Waals surface area contributed by atoms with Crippen molar-refractivity contribution in [3.8, 4) is 0 Å². The third-order valence-electron chi connectivity index (χ3n) is 2.61. The molecule has 0 aromatic carbocycles. The molecule has 4 heteroatoms. The zero-order chi connectivity index (χ0) is 9.84. The molecule has 1 aliphatic rings. The van der Waals surface area contributed by atoms with Crippen molar-refractivity contribution in [2.45, 2.75) is 25.8 Å². The van der Waals surface area contributed by atoms with Crippen molar-refractivity contribution in [3.63, 3.8) is 0 Å². The average Bonchev–Trinajstić information content (AvgIpc) is 2.17. The Kier molecular flexibility index (Phi) is 4.06. The van der Waals surface area contributed by atoms with Gasteiger partial charge in [-0.05, 0) is 18.8 Å². The Morgan fingerprint density at radius 1 is 1.62 bits per heavy atom. The molecule has 1 amide bonds. The van der Waals surface area contributed by atoms with Crippen LogP contribution in [0.4, 0.5) is 0 Å². The maximum absolute atomic E-state index is 11.6. The fourth-order valence-electron chi connectivity index (χ4n) is 1.54. The first-order chi connectivity index (χ1) is 6.15. The summed E-state index contributed by atoms with van der Waals surface area (Å²) >= 11 is 4.02. The molecule has 1 saturated heterocycles. The zero-order valence-corrected chi connectivity index (χ0v) is 8.96. The van der Waals surface area contributed by atoms with Crippen LogP contribution in [-0.2, 0) is 4.79 Å². The molecule has 0 spiro atoms. The molecule has 1 fully saturated rings. The first-order valence-corrected chi connectivity index (χ1v) is 5.43. The van der Waals surface area contributed by atoms with E-state index in [1.165, 1.54) is 0 Å². The van der Waals surface area contributed by atoms with Crippen molar-refractivity contribution in [2.24, 2.45) is 11.7 Å². The summed E-state index contributed by atoms with van der Waals surface area (Å²) in [5.41, 5.74) is 5.61. The van der Waals surface area contributed by atoms with Crippen LogP contribution in [0.1, 0.15) is 19.8 Å². The summed E-state index contributed by atoms with van der Waals surface area (Å²) in [7, 11) is 0. The van der Waals surface area contributed by atoms with E-state index in [9.17, 15) is 4.79 Å². The highest BCUT2D eigenvalue weighted by Crippen LogP contribution is 2.16. The number of piperidine rings is 1. The molecular formula is C9H18N2OS. The second-order valence-electron chi connectivity index (χ2n) is 3.80. The van der Waals surface area contributed by atoms with E-state index in [2.05, 4.69) is 19.6 Å². The molecule has 0 bridgehead atoms. The van der Waals surface area contributed by atoms with Crippen molar-refractivity contribution in [1.29, 1.82) is 0 Å². The Balaban J connectivity index is 2.40. The van der Waals surface area contributed by atoms with E-state index < -0.39 is 6.04 Å². The number of hydrogen-bond acceptors (Lipinski definition) is 3. The Morgan fingerprint density at radius 3 is 2.62 bits per heavy atom. The second kappa shape index (κ2) is 4.86. The third kappa shape index (κ3) is 2.88. The number of carbonyl (C=O) groups excluding carboxylic acids is 1. The van der Waals surface area contributed by atoms with E-state index in [4.69, 9.17) is 5.73 Å². The van der Waals surface area contributed by atoms with Gasteiger partial charge >= 0.3 is 0 Å². The summed E-state index contributed by atoms with van der Waals surface area (Å²) in [5, 5.41) is 0. The summed E-state index contributed by atoms with van der Waals surface area (Å²) < 4.78 is 0. The molecule has 0 aliphatic carbocycles. The molecule has 1 rings (SSSR count). The van der Waals surface area contributed by atoms with E-state index >= 15 is 0 Å². The van der Waals surface area contributed by atoms with Gasteiger partial charge in [-0.25, -0.2) is 0 Å². The fourth-order valence-corrected chi connectivity index (χ4v) is 1.70. The molecule has 1 heterocycles. The Morgan fingerprint density at radius 2 is 2.15 bits per heavy atom. The van der Waals surface area contributed by atoms with Gasteiger partial charge in [-0.15, -0.1) is 0 Å². The number of amides is 1. The maximum atomic E-state index is 11.6. The van der Waals surface area contributed by atoms with Crippen molar-refractivity contribution in [3.05, 3.63) is 0 Å². The van der Waals surface area contributed by atoms with Gasteiger partial charge in [-0.2, -0.15) is 12.6 Å². The average molecular weight is 202 g/mol. The molecule has 13 heavy (non-hydrogen) atoms. The van der Waals surface area contributed by atoms with Gasteiger partial charge in [0.05, 0.1) is 6.04 Å². The summed E-state index contributed by atoms with van der Waals surface area (Å²) in [6.07, 6.45) is 2.20. The predicted molar refractivity (Wildman–Crippen MR) is 56.8 cm³/mol. The van der Waals surface area contributed by atoms with Crippen molar-refractivity contribution in [1.82, 2.24) is 4.90 Å². The van der Waals surface area contributed by atoms with Crippen LogP contribution >= 0.6 is 12.6 Å². The molecule has 0 radical (unpaired) electrons. The SMILES string of the molecule is CC1CCN(C(=O)C(N)CS)CC1. The quantitative estimate of drug-likeness (QED) is 0.641. The van der Waals surface area contributed by atoms with Crippen LogP contribution in [0, 0.1) is 5.92 Å². The van der Waals surface area contributed by atoms with Crippen LogP contribution in [0.15, 0.2) is 0 Å². The summed E-state index contributed by atoms with van der Waals surface area (Å²) in [5.74, 6) is 1.24. The van der Waals surface area contributed by atoms with Crippen LogP contribution in [0.2, 0.25) is 0 Å². The molecule has 0 saturated carbocycles. The minimum absolute atomic E-state index is 0.0573. The number of carbonyl (C=O) groups is 1. The van der Waals surface area contributed by atoms with Crippen molar-refractivity contribution < 1.29 is 4.79 Å². The molecule has 0 aromatic rings. The first kappa shape index (κ1) is 10.9. The lowest BCUT2D eigenvalue weighted by atomic mass is 9.99. The van der Waals surface area contributed by atoms with Crippen LogP contribution in [0.5, 0.6) is 0 Å². The highest BCUT2D eigenvalue weighted by atomic mass is 32.1. The Labute approximate surface area is 85.1 Å². The molecule has 3 nitrogen and oxygen atoms in total. The lowest BCUT2D eigenvalue weighted by Crippen LogP contribution is -2.47. The highest BCUT2D eigenvalue weighted by Gasteiger charge is 2.23. The number of thiol groups is 1. The molecule has 2 N–H and O–H groups in total. The third-order valence-corrected chi connectivity index (χ3v) is 3.00. The lowest BCUT2D eigenvalue weighted by Gasteiger charge is -2.31. The molecular weight excluding hydrogens is 184 g/mol. The second-order valence-corrected chi connectivity index (χ2v) is 4.16. The van der Waals surface area contributed by atoms with Crippen molar-refractivity contribution in [2.75, 3.05) is 18.8 Å². The number of nitrogens with two attached hydrogens (primary N) is 1. The topological polar surface area (TPSA) is 46.3 Å². The zero-order valence-electron chi connectivity index (χ0n) is 8.07. The Bertz CT molecular complexity index is 178. The summed E-state index contributed by atoms with van der Waals surface area (Å²) in [6.45, 7) is 3.95. The summed E-state index contributed by atoms with van der Waals surface area (Å²) in [4.78, 5) is 13.4. The van der Waals surface area contributed by atoms with E-state index in [1.807, 2.05) is 4.90 Å². The predicted octanol–water partition coefficient (Wildman–Crippen LogP) is 0.502. The molecule has 76 valence electrons. The van der Waals surface area contributed by atoms with Gasteiger partial charge < -0.3 is 10.6 Å². The molecule has 1 aliphatic heterocycles. The lowest BCUT2D eigenvalue weighted by molar-refractivity contribution is -0.133. The monoisotopic (exact) mass is 202 g/mol. The maximum Gasteiger partial charge on any atom is 0.240 e. The number of hydrogen-bond donors (Lipinski definition) is 2. The number of rotatable bonds is 2. The van der Waals surface area contributed by atoms with Crippen molar-refractivity contribution >= 4 is 18.5 Å². The highest BCUT2D eigenvalue weighted by molar-refractivity contribution is 7.80. The van der Waals surface area contributed by atoms with Gasteiger partial charge in [0.1, 0.15) is 0 Å². The fraction of sp³-hybridized carbons (Fsp3) is 0.889. The first-order valence-electron chi connectivity index (χ1n) is 4.80. The molecule has 1 unspecified atom stereocenters. The number of likely N-dealkylation sites (tertiary alicyclic amines) is 1. The number of nitrogens with zero attached hydrogens (tertiary/aromatic N) is 1. The van der Waals surface area contributed by atoms with Gasteiger partial charge in [-0.3, -0.25) is 4.79 Å². The normalized spacial score (nSPS) is 21.6. The van der Waals surface area contributed by atoms with Crippen LogP contribution < -0.4 is 5.73 Å². The van der Waals surface area contributed by atoms with E-state index in [0.717, 1.165) is 31.8 Å².